The van der Waals surface area contributed by atoms with E-state index in [2.05, 4.69) is 0 Å². The van der Waals surface area contributed by atoms with Gasteiger partial charge < -0.3 is 10.5 Å². The highest BCUT2D eigenvalue weighted by Gasteiger charge is 2.06. The van der Waals surface area contributed by atoms with Crippen LogP contribution in [0.5, 0.6) is 5.75 Å². The molecule has 0 saturated carbocycles. The standard InChI is InChI=1S/C14H14ClNO/c1-2-17-14-9-10(7-8-13(14)16)11-5-3-4-6-12(11)15/h3-9H,2,16H2,1H3. The van der Waals surface area contributed by atoms with Crippen LogP contribution in [0, 0.1) is 0 Å². The second-order valence-corrected chi connectivity index (χ2v) is 4.07. The van der Waals surface area contributed by atoms with Gasteiger partial charge in [0.2, 0.25) is 0 Å². The molecule has 0 bridgehead atoms. The van der Waals surface area contributed by atoms with E-state index in [0.29, 0.717) is 18.0 Å². The molecule has 0 unspecified atom stereocenters. The van der Waals surface area contributed by atoms with Crippen molar-refractivity contribution < 1.29 is 4.74 Å². The molecule has 0 amide bonds. The lowest BCUT2D eigenvalue weighted by Gasteiger charge is -2.10. The molecule has 0 aliphatic carbocycles. The van der Waals surface area contributed by atoms with Gasteiger partial charge in [-0.15, -0.1) is 0 Å². The van der Waals surface area contributed by atoms with Crippen LogP contribution in [0.3, 0.4) is 0 Å². The molecule has 2 aromatic carbocycles. The molecule has 0 aliphatic rings. The van der Waals surface area contributed by atoms with Crippen molar-refractivity contribution in [1.82, 2.24) is 0 Å². The van der Waals surface area contributed by atoms with Crippen molar-refractivity contribution in [1.29, 1.82) is 0 Å². The quantitative estimate of drug-likeness (QED) is 0.833. The second-order valence-electron chi connectivity index (χ2n) is 3.67. The lowest BCUT2D eigenvalue weighted by molar-refractivity contribution is 0.342. The average molecular weight is 248 g/mol. The Bertz CT molecular complexity index is 525. The fraction of sp³-hybridized carbons (Fsp3) is 0.143. The number of nitrogens with two attached hydrogens (primary N) is 1. The lowest BCUT2D eigenvalue weighted by Crippen LogP contribution is -1.97. The number of hydrogen-bond acceptors (Lipinski definition) is 2. The number of anilines is 1. The largest absolute Gasteiger partial charge is 0.492 e. The minimum Gasteiger partial charge on any atom is -0.492 e. The van der Waals surface area contributed by atoms with Crippen molar-refractivity contribution in [2.45, 2.75) is 6.92 Å². The summed E-state index contributed by atoms with van der Waals surface area (Å²) in [6.45, 7) is 2.53. The van der Waals surface area contributed by atoms with Crippen LogP contribution in [0.2, 0.25) is 5.02 Å². The minimum atomic E-state index is 0.593. The van der Waals surface area contributed by atoms with Crippen LogP contribution in [-0.4, -0.2) is 6.61 Å². The first-order valence-electron chi connectivity index (χ1n) is 5.49. The molecule has 0 saturated heterocycles. The summed E-state index contributed by atoms with van der Waals surface area (Å²) in [5, 5.41) is 0.722. The fourth-order valence-electron chi connectivity index (χ4n) is 1.68. The van der Waals surface area contributed by atoms with Crippen molar-refractivity contribution in [2.75, 3.05) is 12.3 Å². The second kappa shape index (κ2) is 5.11. The Balaban J connectivity index is 2.46. The normalized spacial score (nSPS) is 10.2. The lowest BCUT2D eigenvalue weighted by atomic mass is 10.0. The highest BCUT2D eigenvalue weighted by atomic mass is 35.5. The van der Waals surface area contributed by atoms with Gasteiger partial charge in [0.25, 0.3) is 0 Å². The van der Waals surface area contributed by atoms with Gasteiger partial charge >= 0.3 is 0 Å². The molecule has 88 valence electrons. The van der Waals surface area contributed by atoms with Gasteiger partial charge in [-0.25, -0.2) is 0 Å². The zero-order valence-electron chi connectivity index (χ0n) is 9.61. The molecule has 0 fully saturated rings. The van der Waals surface area contributed by atoms with Gasteiger partial charge in [0.15, 0.2) is 0 Å². The van der Waals surface area contributed by atoms with E-state index in [0.717, 1.165) is 16.1 Å². The van der Waals surface area contributed by atoms with Crippen molar-refractivity contribution >= 4 is 17.3 Å². The molecular weight excluding hydrogens is 234 g/mol. The first-order valence-corrected chi connectivity index (χ1v) is 5.87. The molecule has 0 aliphatic heterocycles. The maximum Gasteiger partial charge on any atom is 0.142 e. The van der Waals surface area contributed by atoms with E-state index in [4.69, 9.17) is 22.1 Å². The smallest absolute Gasteiger partial charge is 0.142 e. The van der Waals surface area contributed by atoms with Crippen LogP contribution < -0.4 is 10.5 Å². The molecule has 2 aromatic rings. The van der Waals surface area contributed by atoms with E-state index in [-0.39, 0.29) is 0 Å². The van der Waals surface area contributed by atoms with Gasteiger partial charge in [0.05, 0.1) is 12.3 Å². The highest BCUT2D eigenvalue weighted by molar-refractivity contribution is 6.33. The summed E-state index contributed by atoms with van der Waals surface area (Å²) in [5.41, 5.74) is 8.46. The first kappa shape index (κ1) is 11.8. The third-order valence-electron chi connectivity index (χ3n) is 2.50. The minimum absolute atomic E-state index is 0.593. The predicted octanol–water partition coefficient (Wildman–Crippen LogP) is 3.99. The van der Waals surface area contributed by atoms with E-state index in [1.807, 2.05) is 49.4 Å². The summed E-state index contributed by atoms with van der Waals surface area (Å²) >= 11 is 6.16. The van der Waals surface area contributed by atoms with Crippen LogP contribution in [0.15, 0.2) is 42.5 Å². The van der Waals surface area contributed by atoms with Gasteiger partial charge in [-0.2, -0.15) is 0 Å². The molecule has 2 rings (SSSR count). The maximum atomic E-state index is 6.16. The van der Waals surface area contributed by atoms with Crippen LogP contribution >= 0.6 is 11.6 Å². The van der Waals surface area contributed by atoms with E-state index >= 15 is 0 Å². The van der Waals surface area contributed by atoms with Crippen molar-refractivity contribution in [3.05, 3.63) is 47.5 Å². The molecule has 2 N–H and O–H groups in total. The summed E-state index contributed by atoms with van der Waals surface area (Å²) < 4.78 is 5.47. The Labute approximate surface area is 106 Å². The molecule has 0 atom stereocenters. The van der Waals surface area contributed by atoms with Crippen molar-refractivity contribution in [3.63, 3.8) is 0 Å². The number of rotatable bonds is 3. The Morgan fingerprint density at radius 1 is 1.18 bits per heavy atom. The van der Waals surface area contributed by atoms with E-state index < -0.39 is 0 Å². The monoisotopic (exact) mass is 247 g/mol. The SMILES string of the molecule is CCOc1cc(-c2ccccc2Cl)ccc1N. The van der Waals surface area contributed by atoms with Crippen molar-refractivity contribution in [3.8, 4) is 16.9 Å². The van der Waals surface area contributed by atoms with Gasteiger partial charge in [-0.3, -0.25) is 0 Å². The number of hydrogen-bond donors (Lipinski definition) is 1. The molecule has 0 radical (unpaired) electrons. The van der Waals surface area contributed by atoms with Crippen LogP contribution in [0.4, 0.5) is 5.69 Å². The summed E-state index contributed by atoms with van der Waals surface area (Å²) in [7, 11) is 0. The average Bonchev–Trinajstić information content (AvgIpc) is 2.33. The number of nitrogen functional groups attached to an aromatic ring is 1. The zero-order chi connectivity index (χ0) is 12.3. The number of halogens is 1. The Morgan fingerprint density at radius 2 is 1.94 bits per heavy atom. The predicted molar refractivity (Wildman–Crippen MR) is 72.5 cm³/mol. The van der Waals surface area contributed by atoms with E-state index in [9.17, 15) is 0 Å². The third-order valence-corrected chi connectivity index (χ3v) is 2.83. The summed E-state index contributed by atoms with van der Waals surface area (Å²) in [6.07, 6.45) is 0. The maximum absolute atomic E-state index is 6.16. The van der Waals surface area contributed by atoms with Gasteiger partial charge in [-0.1, -0.05) is 35.9 Å². The van der Waals surface area contributed by atoms with Gasteiger partial charge in [0.1, 0.15) is 5.75 Å². The molecule has 0 aromatic heterocycles. The fourth-order valence-corrected chi connectivity index (χ4v) is 1.92. The summed E-state index contributed by atoms with van der Waals surface area (Å²) in [6, 6.07) is 13.4. The zero-order valence-corrected chi connectivity index (χ0v) is 10.4. The Kier molecular flexibility index (Phi) is 3.55. The molecule has 2 nitrogen and oxygen atoms in total. The Morgan fingerprint density at radius 3 is 2.65 bits per heavy atom. The van der Waals surface area contributed by atoms with Gasteiger partial charge in [0, 0.05) is 10.6 Å². The molecule has 17 heavy (non-hydrogen) atoms. The van der Waals surface area contributed by atoms with Crippen LogP contribution in [0.25, 0.3) is 11.1 Å². The summed E-state index contributed by atoms with van der Waals surface area (Å²) in [4.78, 5) is 0. The Hall–Kier alpha value is -1.67. The third kappa shape index (κ3) is 2.53. The molecule has 3 heteroatoms. The van der Waals surface area contributed by atoms with Crippen LogP contribution in [-0.2, 0) is 0 Å². The van der Waals surface area contributed by atoms with E-state index in [1.165, 1.54) is 0 Å². The molecule has 0 heterocycles. The topological polar surface area (TPSA) is 35.2 Å². The molecular formula is C14H14ClNO. The molecule has 0 spiro atoms. The number of ether oxygens (including phenoxy) is 1. The van der Waals surface area contributed by atoms with Gasteiger partial charge in [-0.05, 0) is 30.7 Å². The highest BCUT2D eigenvalue weighted by Crippen LogP contribution is 2.32. The first-order chi connectivity index (χ1) is 8.22. The van der Waals surface area contributed by atoms with Crippen LogP contribution in [0.1, 0.15) is 6.92 Å². The summed E-state index contributed by atoms with van der Waals surface area (Å²) in [5.74, 6) is 0.699. The van der Waals surface area contributed by atoms with Crippen molar-refractivity contribution in [2.24, 2.45) is 0 Å². The van der Waals surface area contributed by atoms with E-state index in [1.54, 1.807) is 0 Å². The number of benzene rings is 2.